The van der Waals surface area contributed by atoms with Crippen molar-refractivity contribution in [1.29, 1.82) is 0 Å². The summed E-state index contributed by atoms with van der Waals surface area (Å²) < 4.78 is 0. The van der Waals surface area contributed by atoms with Crippen molar-refractivity contribution in [2.24, 2.45) is 0 Å². The minimum atomic E-state index is -1.10. The predicted molar refractivity (Wildman–Crippen MR) is 104 cm³/mol. The van der Waals surface area contributed by atoms with Crippen molar-refractivity contribution in [2.45, 2.75) is 64.7 Å². The number of benzene rings is 2. The molecule has 0 amide bonds. The first-order chi connectivity index (χ1) is 11.4. The largest absolute Gasteiger partial charge is 0.480 e. The smallest absolute Gasteiger partial charge is 0.318 e. The van der Waals surface area contributed by atoms with Gasteiger partial charge in [0.15, 0.2) is 0 Å². The van der Waals surface area contributed by atoms with Gasteiger partial charge in [-0.15, -0.1) is 0 Å². The summed E-state index contributed by atoms with van der Waals surface area (Å²) in [5.41, 5.74) is 2.51. The Kier molecular flexibility index (Phi) is 4.87. The lowest BCUT2D eigenvalue weighted by molar-refractivity contribution is -0.141. The van der Waals surface area contributed by atoms with Crippen molar-refractivity contribution >= 4 is 5.97 Å². The second-order valence-corrected chi connectivity index (χ2v) is 9.02. The normalized spacial score (nSPS) is 12.9. The third-order valence-corrected chi connectivity index (χ3v) is 4.98. The highest BCUT2D eigenvalue weighted by atomic mass is 16.4. The van der Waals surface area contributed by atoms with E-state index in [0.717, 1.165) is 22.3 Å². The zero-order chi connectivity index (χ0) is 19.0. The van der Waals surface area contributed by atoms with E-state index in [-0.39, 0.29) is 10.8 Å². The van der Waals surface area contributed by atoms with E-state index in [1.807, 2.05) is 43.3 Å². The van der Waals surface area contributed by atoms with E-state index in [1.54, 1.807) is 0 Å². The summed E-state index contributed by atoms with van der Waals surface area (Å²) in [5.74, 6) is -0.819. The average Bonchev–Trinajstić information content (AvgIpc) is 2.52. The quantitative estimate of drug-likeness (QED) is 0.782. The maximum atomic E-state index is 12.6. The van der Waals surface area contributed by atoms with Gasteiger partial charge in [-0.1, -0.05) is 90.1 Å². The van der Waals surface area contributed by atoms with E-state index in [0.29, 0.717) is 0 Å². The van der Waals surface area contributed by atoms with Crippen LogP contribution < -0.4 is 0 Å². The lowest BCUT2D eigenvalue weighted by Crippen LogP contribution is -2.38. The molecule has 2 aromatic carbocycles. The molecule has 0 aliphatic heterocycles. The minimum absolute atomic E-state index is 0.135. The van der Waals surface area contributed by atoms with Crippen LogP contribution in [0.25, 0.3) is 0 Å². The third kappa shape index (κ3) is 3.49. The van der Waals surface area contributed by atoms with Gasteiger partial charge in [0.25, 0.3) is 0 Å². The SMILES string of the molecule is CC(C)(C)c1ccccc1C(C)(C(=O)O)c1ccccc1C(C)(C)C. The topological polar surface area (TPSA) is 37.3 Å². The zero-order valence-electron chi connectivity index (χ0n) is 16.5. The fraction of sp³-hybridized carbons (Fsp3) is 0.435. The Hall–Kier alpha value is -2.09. The predicted octanol–water partition coefficient (Wildman–Crippen LogP) is 5.67. The molecule has 134 valence electrons. The molecule has 0 heterocycles. The summed E-state index contributed by atoms with van der Waals surface area (Å²) in [5, 5.41) is 10.3. The van der Waals surface area contributed by atoms with Gasteiger partial charge < -0.3 is 5.11 Å². The minimum Gasteiger partial charge on any atom is -0.480 e. The molecule has 0 bridgehead atoms. The molecular weight excluding hydrogens is 308 g/mol. The fourth-order valence-corrected chi connectivity index (χ4v) is 3.52. The summed E-state index contributed by atoms with van der Waals surface area (Å²) in [7, 11) is 0. The van der Waals surface area contributed by atoms with Gasteiger partial charge in [-0.05, 0) is 40.0 Å². The van der Waals surface area contributed by atoms with Gasteiger partial charge in [0.1, 0.15) is 5.41 Å². The van der Waals surface area contributed by atoms with E-state index in [9.17, 15) is 9.90 Å². The molecule has 0 radical (unpaired) electrons. The van der Waals surface area contributed by atoms with Crippen molar-refractivity contribution < 1.29 is 9.90 Å². The van der Waals surface area contributed by atoms with Crippen molar-refractivity contribution in [2.75, 3.05) is 0 Å². The molecule has 25 heavy (non-hydrogen) atoms. The second-order valence-electron chi connectivity index (χ2n) is 9.02. The Morgan fingerprint density at radius 3 is 1.16 bits per heavy atom. The molecule has 2 nitrogen and oxygen atoms in total. The monoisotopic (exact) mass is 338 g/mol. The second kappa shape index (κ2) is 6.33. The molecule has 0 fully saturated rings. The molecule has 0 spiro atoms. The molecule has 2 heteroatoms. The van der Waals surface area contributed by atoms with E-state index in [2.05, 4.69) is 53.7 Å². The van der Waals surface area contributed by atoms with Crippen molar-refractivity contribution in [3.8, 4) is 0 Å². The third-order valence-electron chi connectivity index (χ3n) is 4.98. The highest BCUT2D eigenvalue weighted by Crippen LogP contribution is 2.42. The van der Waals surface area contributed by atoms with E-state index < -0.39 is 11.4 Å². The Bertz CT molecular complexity index is 716. The van der Waals surface area contributed by atoms with Gasteiger partial charge in [-0.25, -0.2) is 0 Å². The van der Waals surface area contributed by atoms with Crippen LogP contribution in [0.2, 0.25) is 0 Å². The van der Waals surface area contributed by atoms with E-state index >= 15 is 0 Å². The van der Waals surface area contributed by atoms with Crippen LogP contribution >= 0.6 is 0 Å². The van der Waals surface area contributed by atoms with Gasteiger partial charge in [0.05, 0.1) is 0 Å². The molecule has 0 unspecified atom stereocenters. The molecule has 0 aromatic heterocycles. The Balaban J connectivity index is 2.87. The van der Waals surface area contributed by atoms with Crippen molar-refractivity contribution in [3.05, 3.63) is 70.8 Å². The van der Waals surface area contributed by atoms with Crippen LogP contribution in [0.15, 0.2) is 48.5 Å². The molecule has 0 saturated heterocycles. The Labute approximate surface area is 151 Å². The summed E-state index contributed by atoms with van der Waals surface area (Å²) >= 11 is 0. The van der Waals surface area contributed by atoms with Crippen molar-refractivity contribution in [3.63, 3.8) is 0 Å². The summed E-state index contributed by atoms with van der Waals surface area (Å²) in [6.45, 7) is 14.6. The Morgan fingerprint density at radius 1 is 0.640 bits per heavy atom. The van der Waals surface area contributed by atoms with Gasteiger partial charge >= 0.3 is 5.97 Å². The zero-order valence-corrected chi connectivity index (χ0v) is 16.5. The Morgan fingerprint density at radius 2 is 0.920 bits per heavy atom. The maximum absolute atomic E-state index is 12.6. The lowest BCUT2D eigenvalue weighted by Gasteiger charge is -2.36. The number of hydrogen-bond acceptors (Lipinski definition) is 1. The molecule has 0 aliphatic carbocycles. The number of carboxylic acid groups (broad SMARTS) is 1. The molecule has 1 N–H and O–H groups in total. The van der Waals surface area contributed by atoms with Gasteiger partial charge in [0, 0.05) is 0 Å². The van der Waals surface area contributed by atoms with Crippen LogP contribution in [0.1, 0.15) is 70.7 Å². The first-order valence-corrected chi connectivity index (χ1v) is 8.83. The van der Waals surface area contributed by atoms with Crippen molar-refractivity contribution in [1.82, 2.24) is 0 Å². The maximum Gasteiger partial charge on any atom is 0.318 e. The van der Waals surface area contributed by atoms with Gasteiger partial charge in [0.2, 0.25) is 0 Å². The standard InChI is InChI=1S/C23H30O2/c1-21(2,3)16-12-8-10-14-18(16)23(7,20(24)25)19-15-11-9-13-17(19)22(4,5)6/h8-15H,1-7H3,(H,24,25). The number of aliphatic carboxylic acids is 1. The van der Waals surface area contributed by atoms with Crippen LogP contribution in [0.4, 0.5) is 0 Å². The van der Waals surface area contributed by atoms with Crippen LogP contribution in [-0.4, -0.2) is 11.1 Å². The van der Waals surface area contributed by atoms with E-state index in [4.69, 9.17) is 0 Å². The molecule has 0 atom stereocenters. The van der Waals surface area contributed by atoms with Gasteiger partial charge in [-0.2, -0.15) is 0 Å². The fourth-order valence-electron chi connectivity index (χ4n) is 3.52. The molecule has 0 saturated carbocycles. The van der Waals surface area contributed by atoms with Crippen LogP contribution in [0.5, 0.6) is 0 Å². The number of carbonyl (C=O) groups is 1. The summed E-state index contributed by atoms with van der Waals surface area (Å²) in [4.78, 5) is 12.6. The number of carboxylic acids is 1. The lowest BCUT2D eigenvalue weighted by atomic mass is 9.66. The highest BCUT2D eigenvalue weighted by molar-refractivity contribution is 5.87. The molecule has 2 aromatic rings. The summed E-state index contributed by atoms with van der Waals surface area (Å²) in [6, 6.07) is 15.9. The number of hydrogen-bond donors (Lipinski definition) is 1. The van der Waals surface area contributed by atoms with Crippen LogP contribution in [0, 0.1) is 0 Å². The highest BCUT2D eigenvalue weighted by Gasteiger charge is 2.42. The molecule has 2 rings (SSSR count). The summed E-state index contributed by atoms with van der Waals surface area (Å²) in [6.07, 6.45) is 0. The van der Waals surface area contributed by atoms with E-state index in [1.165, 1.54) is 0 Å². The molecule has 0 aliphatic rings. The first kappa shape index (κ1) is 19.2. The van der Waals surface area contributed by atoms with Gasteiger partial charge in [-0.3, -0.25) is 4.79 Å². The first-order valence-electron chi connectivity index (χ1n) is 8.83. The number of rotatable bonds is 3. The average molecular weight is 338 g/mol. The molecular formula is C23H30O2. The van der Waals surface area contributed by atoms with Crippen LogP contribution in [0.3, 0.4) is 0 Å². The van der Waals surface area contributed by atoms with Crippen LogP contribution in [-0.2, 0) is 21.0 Å².